The Bertz CT molecular complexity index is 852. The summed E-state index contributed by atoms with van der Waals surface area (Å²) in [5, 5.41) is 9.25. The standard InChI is InChI=1S/C23H31N3O5/c1-15-13-25(2)23(28)18-11-16(12-24)5-7-19(18)30-10-9-17-6-8-20(29-4)21(31-17)14-26(3)22(15)27/h5,7,11,15,17,20-21H,6,8-10,13-14H2,1-4H3/t15-,17+,20-,21-/m1/s1. The number of nitriles is 1. The van der Waals surface area contributed by atoms with Crippen molar-refractivity contribution in [1.29, 1.82) is 5.26 Å². The van der Waals surface area contributed by atoms with Crippen LogP contribution in [0, 0.1) is 17.2 Å². The summed E-state index contributed by atoms with van der Waals surface area (Å²) in [5.74, 6) is -0.298. The number of benzene rings is 1. The summed E-state index contributed by atoms with van der Waals surface area (Å²) >= 11 is 0. The summed E-state index contributed by atoms with van der Waals surface area (Å²) in [6.07, 6.45) is 2.07. The van der Waals surface area contributed by atoms with E-state index >= 15 is 0 Å². The summed E-state index contributed by atoms with van der Waals surface area (Å²) in [7, 11) is 5.09. The highest BCUT2D eigenvalue weighted by Crippen LogP contribution is 2.27. The molecular formula is C23H31N3O5. The quantitative estimate of drug-likeness (QED) is 0.679. The van der Waals surface area contributed by atoms with Gasteiger partial charge >= 0.3 is 0 Å². The lowest BCUT2D eigenvalue weighted by molar-refractivity contribution is -0.152. The maximum absolute atomic E-state index is 13.1. The molecule has 4 atom stereocenters. The number of likely N-dealkylation sites (N-methyl/N-ethyl adjacent to an activating group) is 1. The minimum absolute atomic E-state index is 0.0114. The van der Waals surface area contributed by atoms with Crippen LogP contribution in [0.15, 0.2) is 18.2 Å². The number of hydrogen-bond donors (Lipinski definition) is 0. The smallest absolute Gasteiger partial charge is 0.257 e. The van der Waals surface area contributed by atoms with Crippen LogP contribution in [0.1, 0.15) is 42.1 Å². The molecule has 1 saturated heterocycles. The predicted molar refractivity (Wildman–Crippen MR) is 114 cm³/mol. The van der Waals surface area contributed by atoms with Gasteiger partial charge in [0.15, 0.2) is 0 Å². The number of amides is 2. The molecule has 2 bridgehead atoms. The van der Waals surface area contributed by atoms with Gasteiger partial charge in [-0.1, -0.05) is 6.92 Å². The van der Waals surface area contributed by atoms with Gasteiger partial charge in [-0.2, -0.15) is 5.26 Å². The van der Waals surface area contributed by atoms with Gasteiger partial charge in [-0.3, -0.25) is 9.59 Å². The Morgan fingerprint density at radius 3 is 2.61 bits per heavy atom. The molecule has 31 heavy (non-hydrogen) atoms. The Morgan fingerprint density at radius 2 is 1.90 bits per heavy atom. The van der Waals surface area contributed by atoms with Crippen LogP contribution in [0.25, 0.3) is 0 Å². The molecule has 0 aliphatic carbocycles. The van der Waals surface area contributed by atoms with Crippen molar-refractivity contribution in [2.45, 2.75) is 44.5 Å². The minimum atomic E-state index is -0.395. The predicted octanol–water partition coefficient (Wildman–Crippen LogP) is 2.07. The molecule has 0 aromatic heterocycles. The molecule has 2 heterocycles. The van der Waals surface area contributed by atoms with Crippen LogP contribution in [0.2, 0.25) is 0 Å². The van der Waals surface area contributed by atoms with Gasteiger partial charge < -0.3 is 24.0 Å². The van der Waals surface area contributed by atoms with Gasteiger partial charge in [0, 0.05) is 40.7 Å². The molecular weight excluding hydrogens is 398 g/mol. The third kappa shape index (κ3) is 5.35. The summed E-state index contributed by atoms with van der Waals surface area (Å²) in [6.45, 7) is 2.88. The summed E-state index contributed by atoms with van der Waals surface area (Å²) < 4.78 is 17.8. The van der Waals surface area contributed by atoms with Gasteiger partial charge in [-0.05, 0) is 31.0 Å². The molecule has 0 radical (unpaired) electrons. The van der Waals surface area contributed by atoms with Crippen molar-refractivity contribution < 1.29 is 23.8 Å². The largest absolute Gasteiger partial charge is 0.493 e. The lowest BCUT2D eigenvalue weighted by Crippen LogP contribution is -2.49. The van der Waals surface area contributed by atoms with E-state index in [-0.39, 0.29) is 36.7 Å². The molecule has 8 nitrogen and oxygen atoms in total. The third-order valence-electron chi connectivity index (χ3n) is 6.04. The van der Waals surface area contributed by atoms with Crippen LogP contribution >= 0.6 is 0 Å². The number of nitrogens with zero attached hydrogens (tertiary/aromatic N) is 3. The molecule has 168 valence electrons. The molecule has 3 rings (SSSR count). The molecule has 1 aromatic carbocycles. The first-order valence-corrected chi connectivity index (χ1v) is 10.7. The van der Waals surface area contributed by atoms with Crippen LogP contribution < -0.4 is 4.74 Å². The Kier molecular flexibility index (Phi) is 7.52. The van der Waals surface area contributed by atoms with Crippen molar-refractivity contribution in [3.8, 4) is 11.8 Å². The van der Waals surface area contributed by atoms with Gasteiger partial charge in [-0.25, -0.2) is 0 Å². The number of fused-ring (bicyclic) bond motifs is 3. The first-order valence-electron chi connectivity index (χ1n) is 10.7. The summed E-state index contributed by atoms with van der Waals surface area (Å²) in [5.41, 5.74) is 0.709. The van der Waals surface area contributed by atoms with E-state index in [0.717, 1.165) is 12.8 Å². The second-order valence-electron chi connectivity index (χ2n) is 8.41. The van der Waals surface area contributed by atoms with Crippen molar-refractivity contribution in [2.24, 2.45) is 5.92 Å². The van der Waals surface area contributed by atoms with Crippen LogP contribution in [0.5, 0.6) is 5.75 Å². The van der Waals surface area contributed by atoms with Crippen LogP contribution in [-0.2, 0) is 14.3 Å². The van der Waals surface area contributed by atoms with E-state index in [9.17, 15) is 14.9 Å². The third-order valence-corrected chi connectivity index (χ3v) is 6.04. The zero-order valence-electron chi connectivity index (χ0n) is 18.7. The van der Waals surface area contributed by atoms with Crippen LogP contribution in [0.3, 0.4) is 0 Å². The molecule has 2 aliphatic rings. The molecule has 0 saturated carbocycles. The number of ether oxygens (including phenoxy) is 3. The summed E-state index contributed by atoms with van der Waals surface area (Å²) in [4.78, 5) is 29.2. The van der Waals surface area contributed by atoms with E-state index in [1.54, 1.807) is 44.3 Å². The number of hydrogen-bond acceptors (Lipinski definition) is 6. The topological polar surface area (TPSA) is 92.1 Å². The maximum atomic E-state index is 13.1. The fourth-order valence-electron chi connectivity index (χ4n) is 4.29. The van der Waals surface area contributed by atoms with E-state index in [4.69, 9.17) is 14.2 Å². The molecule has 2 aliphatic heterocycles. The monoisotopic (exact) mass is 429 g/mol. The second-order valence-corrected chi connectivity index (χ2v) is 8.41. The average Bonchev–Trinajstić information content (AvgIpc) is 2.77. The first kappa shape index (κ1) is 23.0. The van der Waals surface area contributed by atoms with Crippen LogP contribution in [-0.4, -0.2) is 80.8 Å². The highest BCUT2D eigenvalue weighted by molar-refractivity contribution is 5.97. The van der Waals surface area contributed by atoms with Crippen molar-refractivity contribution in [3.63, 3.8) is 0 Å². The maximum Gasteiger partial charge on any atom is 0.257 e. The first-order chi connectivity index (χ1) is 14.8. The van der Waals surface area contributed by atoms with E-state index < -0.39 is 5.92 Å². The molecule has 8 heteroatoms. The highest BCUT2D eigenvalue weighted by Gasteiger charge is 2.34. The second kappa shape index (κ2) is 10.1. The number of rotatable bonds is 1. The Labute approximate surface area is 183 Å². The average molecular weight is 430 g/mol. The molecule has 1 fully saturated rings. The van der Waals surface area contributed by atoms with E-state index in [0.29, 0.717) is 36.4 Å². The van der Waals surface area contributed by atoms with Gasteiger partial charge in [0.05, 0.1) is 41.9 Å². The summed E-state index contributed by atoms with van der Waals surface area (Å²) in [6, 6.07) is 6.90. The van der Waals surface area contributed by atoms with E-state index in [2.05, 4.69) is 6.07 Å². The lowest BCUT2D eigenvalue weighted by atomic mass is 9.98. The normalized spacial score (nSPS) is 28.1. The number of methoxy groups -OCH3 is 1. The van der Waals surface area contributed by atoms with E-state index in [1.807, 2.05) is 6.92 Å². The van der Waals surface area contributed by atoms with Crippen molar-refractivity contribution in [3.05, 3.63) is 29.3 Å². The molecule has 1 aromatic rings. The Morgan fingerprint density at radius 1 is 1.13 bits per heavy atom. The van der Waals surface area contributed by atoms with E-state index in [1.165, 1.54) is 4.90 Å². The van der Waals surface area contributed by atoms with Crippen LogP contribution in [0.4, 0.5) is 0 Å². The van der Waals surface area contributed by atoms with Crippen molar-refractivity contribution in [1.82, 2.24) is 9.80 Å². The minimum Gasteiger partial charge on any atom is -0.493 e. The zero-order valence-corrected chi connectivity index (χ0v) is 18.7. The Balaban J connectivity index is 1.90. The SMILES string of the molecule is CO[C@@H]1CC[C@H]2CCOc3ccc(C#N)cc3C(=O)N(C)C[C@@H](C)C(=O)N(C)C[C@H]1O2. The molecule has 0 unspecified atom stereocenters. The highest BCUT2D eigenvalue weighted by atomic mass is 16.5. The molecule has 0 spiro atoms. The van der Waals surface area contributed by atoms with Gasteiger partial charge in [0.2, 0.25) is 5.91 Å². The zero-order chi connectivity index (χ0) is 22.5. The van der Waals surface area contributed by atoms with Crippen molar-refractivity contribution >= 4 is 11.8 Å². The fraction of sp³-hybridized carbons (Fsp3) is 0.609. The number of carbonyl (C=O) groups excluding carboxylic acids is 2. The van der Waals surface area contributed by atoms with Crippen molar-refractivity contribution in [2.75, 3.05) is 40.9 Å². The van der Waals surface area contributed by atoms with Gasteiger partial charge in [0.1, 0.15) is 11.9 Å². The van der Waals surface area contributed by atoms with Gasteiger partial charge in [-0.15, -0.1) is 0 Å². The lowest BCUT2D eigenvalue weighted by Gasteiger charge is -2.38. The fourth-order valence-corrected chi connectivity index (χ4v) is 4.29. The Hall–Kier alpha value is -2.63. The number of carbonyl (C=O) groups is 2. The molecule has 0 N–H and O–H groups in total. The molecule has 2 amide bonds. The van der Waals surface area contributed by atoms with Gasteiger partial charge in [0.25, 0.3) is 5.91 Å².